The van der Waals surface area contributed by atoms with E-state index in [1.807, 2.05) is 11.8 Å². The molecular weight excluding hydrogens is 469 g/mol. The van der Waals surface area contributed by atoms with Crippen LogP contribution in [-0.4, -0.2) is 45.7 Å². The molecule has 0 saturated carbocycles. The molecular formula is C26H28FN3O4S. The molecule has 3 aromatic carbocycles. The zero-order valence-electron chi connectivity index (χ0n) is 19.9. The van der Waals surface area contributed by atoms with E-state index in [0.717, 1.165) is 11.3 Å². The van der Waals surface area contributed by atoms with E-state index < -0.39 is 16.0 Å². The van der Waals surface area contributed by atoms with Gasteiger partial charge in [-0.25, -0.2) is 17.6 Å². The average molecular weight is 498 g/mol. The number of carboxylic acids is 1. The molecule has 0 spiro atoms. The molecule has 0 atom stereocenters. The third kappa shape index (κ3) is 5.24. The van der Waals surface area contributed by atoms with Gasteiger partial charge in [-0.3, -0.25) is 4.72 Å². The maximum Gasteiger partial charge on any atom is 0.337 e. The van der Waals surface area contributed by atoms with Gasteiger partial charge in [-0.15, -0.1) is 0 Å². The Hall–Kier alpha value is -3.59. The lowest BCUT2D eigenvalue weighted by Crippen LogP contribution is -2.47. The maximum absolute atomic E-state index is 13.2. The van der Waals surface area contributed by atoms with Crippen molar-refractivity contribution in [3.8, 4) is 0 Å². The summed E-state index contributed by atoms with van der Waals surface area (Å²) in [6.45, 7) is 7.82. The van der Waals surface area contributed by atoms with Crippen molar-refractivity contribution in [3.05, 3.63) is 82.7 Å². The first-order valence-corrected chi connectivity index (χ1v) is 12.8. The van der Waals surface area contributed by atoms with Crippen molar-refractivity contribution in [2.75, 3.05) is 40.7 Å². The van der Waals surface area contributed by atoms with E-state index in [4.69, 9.17) is 0 Å². The number of benzene rings is 3. The molecule has 1 aliphatic heterocycles. The van der Waals surface area contributed by atoms with Crippen LogP contribution in [0.5, 0.6) is 0 Å². The first-order valence-electron chi connectivity index (χ1n) is 11.3. The van der Waals surface area contributed by atoms with Crippen molar-refractivity contribution in [2.45, 2.75) is 25.7 Å². The second-order valence-corrected chi connectivity index (χ2v) is 10.4. The van der Waals surface area contributed by atoms with Gasteiger partial charge >= 0.3 is 5.97 Å². The van der Waals surface area contributed by atoms with Crippen LogP contribution in [0, 0.1) is 26.6 Å². The number of hydrogen-bond donors (Lipinski definition) is 2. The van der Waals surface area contributed by atoms with E-state index in [1.54, 1.807) is 50.2 Å². The van der Waals surface area contributed by atoms with Crippen LogP contribution >= 0.6 is 0 Å². The molecule has 1 saturated heterocycles. The van der Waals surface area contributed by atoms with Crippen LogP contribution in [0.15, 0.2) is 59.5 Å². The summed E-state index contributed by atoms with van der Waals surface area (Å²) in [4.78, 5) is 16.3. The third-order valence-electron chi connectivity index (χ3n) is 6.16. The second kappa shape index (κ2) is 9.58. The van der Waals surface area contributed by atoms with Crippen LogP contribution in [0.4, 0.5) is 21.5 Å². The highest BCUT2D eigenvalue weighted by Crippen LogP contribution is 2.29. The topological polar surface area (TPSA) is 90.0 Å². The molecule has 1 aliphatic rings. The molecule has 35 heavy (non-hydrogen) atoms. The van der Waals surface area contributed by atoms with Gasteiger partial charge in [0.25, 0.3) is 10.0 Å². The van der Waals surface area contributed by atoms with Gasteiger partial charge in [0.2, 0.25) is 0 Å². The Morgan fingerprint density at radius 3 is 2.03 bits per heavy atom. The zero-order valence-corrected chi connectivity index (χ0v) is 20.7. The summed E-state index contributed by atoms with van der Waals surface area (Å²) in [6.07, 6.45) is 0. The van der Waals surface area contributed by atoms with Gasteiger partial charge in [0.05, 0.1) is 16.1 Å². The van der Waals surface area contributed by atoms with Gasteiger partial charge in [0.1, 0.15) is 5.82 Å². The smallest absolute Gasteiger partial charge is 0.337 e. The van der Waals surface area contributed by atoms with Gasteiger partial charge in [-0.2, -0.15) is 0 Å². The molecule has 1 fully saturated rings. The average Bonchev–Trinajstić information content (AvgIpc) is 2.78. The van der Waals surface area contributed by atoms with Crippen molar-refractivity contribution in [1.82, 2.24) is 0 Å². The summed E-state index contributed by atoms with van der Waals surface area (Å²) in [5, 5.41) is 9.86. The molecule has 4 rings (SSSR count). The van der Waals surface area contributed by atoms with Crippen molar-refractivity contribution < 1.29 is 22.7 Å². The number of sulfonamides is 1. The number of anilines is 3. The predicted molar refractivity (Wildman–Crippen MR) is 136 cm³/mol. The number of nitrogens with zero attached hydrogens (tertiary/aromatic N) is 2. The number of rotatable bonds is 6. The number of aromatic carboxylic acids is 1. The van der Waals surface area contributed by atoms with Crippen molar-refractivity contribution in [2.24, 2.45) is 0 Å². The van der Waals surface area contributed by atoms with Crippen LogP contribution in [0.25, 0.3) is 0 Å². The van der Waals surface area contributed by atoms with Gasteiger partial charge in [-0.05, 0) is 74.4 Å². The van der Waals surface area contributed by atoms with Crippen molar-refractivity contribution in [1.29, 1.82) is 0 Å². The molecule has 1 heterocycles. The molecule has 0 bridgehead atoms. The van der Waals surface area contributed by atoms with Crippen LogP contribution in [0.2, 0.25) is 0 Å². The molecule has 0 amide bonds. The van der Waals surface area contributed by atoms with E-state index in [2.05, 4.69) is 9.62 Å². The Balaban J connectivity index is 1.55. The van der Waals surface area contributed by atoms with Crippen LogP contribution in [0.1, 0.15) is 27.0 Å². The van der Waals surface area contributed by atoms with Gasteiger partial charge < -0.3 is 14.9 Å². The largest absolute Gasteiger partial charge is 0.478 e. The zero-order chi connectivity index (χ0) is 25.3. The predicted octanol–water partition coefficient (Wildman–Crippen LogP) is 4.58. The highest BCUT2D eigenvalue weighted by Gasteiger charge is 2.24. The number of piperazine rings is 1. The van der Waals surface area contributed by atoms with Crippen molar-refractivity contribution >= 4 is 33.1 Å². The standard InChI is InChI=1S/C26H28FN3O4S/c1-17-14-18(2)25(19(3)15-17)35(33,34)28-21-6-9-24(23(16-21)26(31)32)30-12-10-29(11-13-30)22-7-4-20(27)5-8-22/h4-9,14-16,28H,10-13H2,1-3H3,(H,31,32). The van der Waals surface area contributed by atoms with Crippen LogP contribution < -0.4 is 14.5 Å². The van der Waals surface area contributed by atoms with Crippen molar-refractivity contribution in [3.63, 3.8) is 0 Å². The minimum Gasteiger partial charge on any atom is -0.478 e. The number of aryl methyl sites for hydroxylation is 3. The van der Waals surface area contributed by atoms with E-state index in [0.29, 0.717) is 43.0 Å². The van der Waals surface area contributed by atoms with E-state index >= 15 is 0 Å². The first-order chi connectivity index (χ1) is 16.5. The Kier molecular flexibility index (Phi) is 6.71. The van der Waals surface area contributed by atoms with Gasteiger partial charge in [-0.1, -0.05) is 17.7 Å². The molecule has 0 radical (unpaired) electrons. The SMILES string of the molecule is Cc1cc(C)c(S(=O)(=O)Nc2ccc(N3CCN(c4ccc(F)cc4)CC3)c(C(=O)O)c2)c(C)c1. The molecule has 184 valence electrons. The highest BCUT2D eigenvalue weighted by atomic mass is 32.2. The molecule has 9 heteroatoms. The third-order valence-corrected chi connectivity index (χ3v) is 7.85. The first kappa shape index (κ1) is 24.5. The fourth-order valence-electron chi connectivity index (χ4n) is 4.70. The number of hydrogen-bond acceptors (Lipinski definition) is 5. The fraction of sp³-hybridized carbons (Fsp3) is 0.269. The minimum atomic E-state index is -3.90. The molecule has 0 aromatic heterocycles. The van der Waals surface area contributed by atoms with Crippen LogP contribution in [0.3, 0.4) is 0 Å². The summed E-state index contributed by atoms with van der Waals surface area (Å²) in [5.74, 6) is -1.42. The maximum atomic E-state index is 13.2. The molecule has 0 aliphatic carbocycles. The fourth-order valence-corrected chi connectivity index (χ4v) is 6.21. The summed E-state index contributed by atoms with van der Waals surface area (Å²) >= 11 is 0. The summed E-state index contributed by atoms with van der Waals surface area (Å²) in [6, 6.07) is 14.5. The lowest BCUT2D eigenvalue weighted by molar-refractivity contribution is 0.0697. The normalized spacial score (nSPS) is 14.2. The highest BCUT2D eigenvalue weighted by molar-refractivity contribution is 7.92. The number of halogens is 1. The lowest BCUT2D eigenvalue weighted by atomic mass is 10.1. The van der Waals surface area contributed by atoms with Gasteiger partial charge in [0.15, 0.2) is 0 Å². The number of nitrogens with one attached hydrogen (secondary N) is 1. The van der Waals surface area contributed by atoms with E-state index in [-0.39, 0.29) is 22.0 Å². The Labute approximate surface area is 204 Å². The number of carbonyl (C=O) groups is 1. The van der Waals surface area contributed by atoms with E-state index in [1.165, 1.54) is 18.2 Å². The molecule has 0 unspecified atom stereocenters. The Morgan fingerprint density at radius 2 is 1.46 bits per heavy atom. The number of carboxylic acid groups (broad SMARTS) is 1. The monoisotopic (exact) mass is 497 g/mol. The molecule has 7 nitrogen and oxygen atoms in total. The second-order valence-electron chi connectivity index (χ2n) is 8.82. The summed E-state index contributed by atoms with van der Waals surface area (Å²) in [7, 11) is -3.90. The summed E-state index contributed by atoms with van der Waals surface area (Å²) < 4.78 is 42.0. The summed E-state index contributed by atoms with van der Waals surface area (Å²) in [5.41, 5.74) is 3.88. The van der Waals surface area contributed by atoms with E-state index in [9.17, 15) is 22.7 Å². The molecule has 3 aromatic rings. The Bertz CT molecular complexity index is 1340. The Morgan fingerprint density at radius 1 is 0.886 bits per heavy atom. The molecule has 2 N–H and O–H groups in total. The van der Waals surface area contributed by atoms with Gasteiger partial charge in [0, 0.05) is 37.6 Å². The quantitative estimate of drug-likeness (QED) is 0.518. The van der Waals surface area contributed by atoms with Crippen LogP contribution in [-0.2, 0) is 10.0 Å². The minimum absolute atomic E-state index is 0.0257. The lowest BCUT2D eigenvalue weighted by Gasteiger charge is -2.38.